The molecule has 30 heavy (non-hydrogen) atoms. The van der Waals surface area contributed by atoms with Crippen LogP contribution in [0.5, 0.6) is 0 Å². The number of fused-ring (bicyclic) bond motifs is 1. The Morgan fingerprint density at radius 3 is 2.30 bits per heavy atom. The number of hydrogen-bond acceptors (Lipinski definition) is 7. The lowest BCUT2D eigenvalue weighted by molar-refractivity contribution is 0.0137. The molecular formula is C21H39N5O4. The van der Waals surface area contributed by atoms with Crippen LogP contribution in [0.4, 0.5) is 9.59 Å². The third-order valence-corrected chi connectivity index (χ3v) is 4.85. The number of guanidine groups is 1. The van der Waals surface area contributed by atoms with E-state index in [4.69, 9.17) is 9.47 Å². The van der Waals surface area contributed by atoms with Crippen molar-refractivity contribution in [3.8, 4) is 0 Å². The molecule has 0 radical (unpaired) electrons. The van der Waals surface area contributed by atoms with Crippen molar-refractivity contribution < 1.29 is 19.1 Å². The molecule has 172 valence electrons. The fourth-order valence-corrected chi connectivity index (χ4v) is 3.34. The van der Waals surface area contributed by atoms with E-state index in [1.165, 1.54) is 0 Å². The second-order valence-corrected chi connectivity index (χ2v) is 10.3. The van der Waals surface area contributed by atoms with Gasteiger partial charge in [0.15, 0.2) is 5.96 Å². The van der Waals surface area contributed by atoms with E-state index >= 15 is 0 Å². The Labute approximate surface area is 180 Å². The summed E-state index contributed by atoms with van der Waals surface area (Å²) in [6.07, 6.45) is -0.690. The van der Waals surface area contributed by atoms with E-state index in [2.05, 4.69) is 34.4 Å². The molecule has 0 bridgehead atoms. The van der Waals surface area contributed by atoms with Gasteiger partial charge >= 0.3 is 12.2 Å². The highest BCUT2D eigenvalue weighted by atomic mass is 16.6. The van der Waals surface area contributed by atoms with E-state index < -0.39 is 17.3 Å². The molecule has 0 aromatic heterocycles. The molecule has 2 amide bonds. The van der Waals surface area contributed by atoms with Gasteiger partial charge in [-0.2, -0.15) is 0 Å². The molecule has 1 fully saturated rings. The number of carbonyl (C=O) groups is 2. The highest BCUT2D eigenvalue weighted by Gasteiger charge is 2.36. The molecule has 2 N–H and O–H groups in total. The highest BCUT2D eigenvalue weighted by molar-refractivity contribution is 5.82. The monoisotopic (exact) mass is 425 g/mol. The van der Waals surface area contributed by atoms with Gasteiger partial charge in [0, 0.05) is 26.2 Å². The molecular weight excluding hydrogens is 386 g/mol. The molecule has 2 aliphatic rings. The topological polar surface area (TPSA) is 95.5 Å². The van der Waals surface area contributed by atoms with Crippen LogP contribution in [0.3, 0.4) is 0 Å². The average Bonchev–Trinajstić information content (AvgIpc) is 2.97. The molecule has 2 unspecified atom stereocenters. The number of hydrogen-bond donors (Lipinski definition) is 2. The van der Waals surface area contributed by atoms with Crippen LogP contribution < -0.4 is 10.6 Å². The first-order valence-electron chi connectivity index (χ1n) is 10.8. The number of ether oxygens (including phenoxy) is 2. The van der Waals surface area contributed by atoms with Crippen molar-refractivity contribution in [3.05, 3.63) is 0 Å². The van der Waals surface area contributed by atoms with E-state index in [9.17, 15) is 9.59 Å². The number of amides is 2. The molecule has 2 aliphatic heterocycles. The summed E-state index contributed by atoms with van der Waals surface area (Å²) >= 11 is 0. The van der Waals surface area contributed by atoms with Crippen molar-refractivity contribution in [1.29, 1.82) is 0 Å². The summed E-state index contributed by atoms with van der Waals surface area (Å²) in [6, 6.07) is 0.0507. The maximum absolute atomic E-state index is 12.4. The molecule has 2 atom stereocenters. The molecule has 9 nitrogen and oxygen atoms in total. The van der Waals surface area contributed by atoms with Gasteiger partial charge in [-0.05, 0) is 47.5 Å². The predicted molar refractivity (Wildman–Crippen MR) is 117 cm³/mol. The minimum Gasteiger partial charge on any atom is -0.444 e. The van der Waals surface area contributed by atoms with Crippen LogP contribution in [-0.4, -0.2) is 84.0 Å². The standard InChI is InChI=1S/C21H39N5O4/c1-14(2)16(24-18(27)29-20(3,4)5)12-23-17-22-11-15-13-25(9-10-26(15)17)19(28)30-21(6,7)8/h14-16H,9-13H2,1-8H3,(H,22,23)(H,24,27). The van der Waals surface area contributed by atoms with Gasteiger partial charge in [0.05, 0.1) is 18.6 Å². The first-order chi connectivity index (χ1) is 13.7. The van der Waals surface area contributed by atoms with Crippen LogP contribution >= 0.6 is 0 Å². The SMILES string of the molecule is CC(C)C(CNC1=NCC2CN(C(=O)OC(C)(C)C)CCN12)NC(=O)OC(C)(C)C. The summed E-state index contributed by atoms with van der Waals surface area (Å²) in [5, 5.41) is 6.33. The molecule has 0 aromatic carbocycles. The highest BCUT2D eigenvalue weighted by Crippen LogP contribution is 2.19. The van der Waals surface area contributed by atoms with Gasteiger partial charge < -0.3 is 29.9 Å². The molecule has 0 aromatic rings. The zero-order valence-corrected chi connectivity index (χ0v) is 19.7. The first kappa shape index (κ1) is 24.1. The lowest BCUT2D eigenvalue weighted by Gasteiger charge is -2.39. The third kappa shape index (κ3) is 7.25. The molecule has 0 saturated carbocycles. The summed E-state index contributed by atoms with van der Waals surface area (Å²) in [7, 11) is 0. The fraction of sp³-hybridized carbons (Fsp3) is 0.857. The van der Waals surface area contributed by atoms with Crippen molar-refractivity contribution in [3.63, 3.8) is 0 Å². The molecule has 1 saturated heterocycles. The lowest BCUT2D eigenvalue weighted by Crippen LogP contribution is -2.58. The van der Waals surface area contributed by atoms with Crippen LogP contribution in [0.25, 0.3) is 0 Å². The largest absolute Gasteiger partial charge is 0.444 e. The van der Waals surface area contributed by atoms with Crippen LogP contribution in [0.15, 0.2) is 4.99 Å². The summed E-state index contributed by atoms with van der Waals surface area (Å²) in [4.78, 5) is 33.1. The van der Waals surface area contributed by atoms with Crippen molar-refractivity contribution >= 4 is 18.1 Å². The zero-order chi connectivity index (χ0) is 22.7. The van der Waals surface area contributed by atoms with Gasteiger partial charge in [0.2, 0.25) is 0 Å². The Morgan fingerprint density at radius 1 is 1.10 bits per heavy atom. The number of aliphatic imine (C=N–C) groups is 1. The summed E-state index contributed by atoms with van der Waals surface area (Å²) in [5.41, 5.74) is -1.03. The van der Waals surface area contributed by atoms with Gasteiger partial charge in [-0.3, -0.25) is 4.99 Å². The smallest absolute Gasteiger partial charge is 0.410 e. The summed E-state index contributed by atoms with van der Waals surface area (Å²) < 4.78 is 10.9. The van der Waals surface area contributed by atoms with E-state index in [0.29, 0.717) is 32.7 Å². The van der Waals surface area contributed by atoms with Crippen LogP contribution in [0, 0.1) is 5.92 Å². The number of nitrogens with zero attached hydrogens (tertiary/aromatic N) is 3. The van der Waals surface area contributed by atoms with E-state index in [-0.39, 0.29) is 24.1 Å². The zero-order valence-electron chi connectivity index (χ0n) is 19.7. The molecule has 0 spiro atoms. The van der Waals surface area contributed by atoms with E-state index in [1.54, 1.807) is 4.90 Å². The van der Waals surface area contributed by atoms with Crippen molar-refractivity contribution in [1.82, 2.24) is 20.4 Å². The minimum atomic E-state index is -0.532. The second kappa shape index (κ2) is 9.31. The van der Waals surface area contributed by atoms with Crippen molar-refractivity contribution in [2.75, 3.05) is 32.7 Å². The van der Waals surface area contributed by atoms with Crippen LogP contribution in [0.1, 0.15) is 55.4 Å². The Balaban J connectivity index is 1.86. The molecule has 9 heteroatoms. The maximum Gasteiger partial charge on any atom is 0.410 e. The van der Waals surface area contributed by atoms with Gasteiger partial charge in [0.25, 0.3) is 0 Å². The number of rotatable bonds is 4. The van der Waals surface area contributed by atoms with Crippen LogP contribution in [0.2, 0.25) is 0 Å². The average molecular weight is 426 g/mol. The minimum absolute atomic E-state index is 0.0929. The van der Waals surface area contributed by atoms with Crippen molar-refractivity contribution in [2.24, 2.45) is 10.9 Å². The quantitative estimate of drug-likeness (QED) is 0.718. The maximum atomic E-state index is 12.4. The van der Waals surface area contributed by atoms with Gasteiger partial charge in [0.1, 0.15) is 11.2 Å². The molecule has 2 heterocycles. The number of nitrogens with one attached hydrogen (secondary N) is 2. The molecule has 0 aliphatic carbocycles. The van der Waals surface area contributed by atoms with Crippen molar-refractivity contribution in [2.45, 2.75) is 78.7 Å². The van der Waals surface area contributed by atoms with Gasteiger partial charge in [-0.25, -0.2) is 9.59 Å². The Morgan fingerprint density at radius 2 is 1.73 bits per heavy atom. The Bertz CT molecular complexity index is 651. The summed E-state index contributed by atoms with van der Waals surface area (Å²) in [6.45, 7) is 18.3. The second-order valence-electron chi connectivity index (χ2n) is 10.3. The Kier molecular flexibility index (Phi) is 7.47. The fourth-order valence-electron chi connectivity index (χ4n) is 3.34. The van der Waals surface area contributed by atoms with E-state index in [0.717, 1.165) is 5.96 Å². The predicted octanol–water partition coefficient (Wildman–Crippen LogP) is 2.42. The van der Waals surface area contributed by atoms with E-state index in [1.807, 2.05) is 41.5 Å². The number of alkyl carbamates (subject to hydrolysis) is 1. The van der Waals surface area contributed by atoms with Gasteiger partial charge in [-0.1, -0.05) is 13.8 Å². The van der Waals surface area contributed by atoms with Crippen LogP contribution in [-0.2, 0) is 9.47 Å². The number of carbonyl (C=O) groups excluding carboxylic acids is 2. The Hall–Kier alpha value is -2.19. The number of piperazine rings is 1. The first-order valence-corrected chi connectivity index (χ1v) is 10.8. The lowest BCUT2D eigenvalue weighted by atomic mass is 10.0. The summed E-state index contributed by atoms with van der Waals surface area (Å²) in [5.74, 6) is 1.05. The molecule has 2 rings (SSSR count). The third-order valence-electron chi connectivity index (χ3n) is 4.85. The van der Waals surface area contributed by atoms with Gasteiger partial charge in [-0.15, -0.1) is 0 Å². The normalized spacial score (nSPS) is 20.4.